The third kappa shape index (κ3) is 5.50. The zero-order valence-electron chi connectivity index (χ0n) is 16.1. The maximum absolute atomic E-state index is 12.4. The fourth-order valence-electron chi connectivity index (χ4n) is 2.40. The molecule has 0 radical (unpaired) electrons. The smallest absolute Gasteiger partial charge is 0.265 e. The van der Waals surface area contributed by atoms with Gasteiger partial charge in [0, 0.05) is 18.4 Å². The molecule has 2 aromatic rings. The topological polar surface area (TPSA) is 90.9 Å². The fourth-order valence-corrected chi connectivity index (χ4v) is 3.21. The number of nitrogens with zero attached hydrogens (tertiary/aromatic N) is 2. The van der Waals surface area contributed by atoms with Crippen molar-refractivity contribution in [3.05, 3.63) is 63.8 Å². The predicted octanol–water partition coefficient (Wildman–Crippen LogP) is 4.10. The van der Waals surface area contributed by atoms with E-state index in [2.05, 4.69) is 22.4 Å². The summed E-state index contributed by atoms with van der Waals surface area (Å²) in [5.74, 6) is -0.528. The van der Waals surface area contributed by atoms with E-state index in [0.717, 1.165) is 17.0 Å². The Bertz CT molecular complexity index is 845. The maximum atomic E-state index is 12.4. The lowest BCUT2D eigenvalue weighted by Crippen LogP contribution is -2.40. The second kappa shape index (κ2) is 9.80. The van der Waals surface area contributed by atoms with E-state index >= 15 is 0 Å². The zero-order valence-corrected chi connectivity index (χ0v) is 17.0. The van der Waals surface area contributed by atoms with Crippen LogP contribution < -0.4 is 15.5 Å². The molecule has 2 amide bonds. The first-order valence-electron chi connectivity index (χ1n) is 8.82. The Morgan fingerprint density at radius 2 is 1.75 bits per heavy atom. The standard InChI is InChI=1S/C20H24N4O3S/c1-5-24(4)15-8-6-14(7-9-15)22-19(25)17-10-11-18(28-17)20(26)23-16(12-21-27)13(2)3/h5-11,13,16H,1,12H2,2-4H3,(H,22,25)(H,23,26). The molecule has 0 saturated heterocycles. The summed E-state index contributed by atoms with van der Waals surface area (Å²) in [6, 6.07) is 10.2. The van der Waals surface area contributed by atoms with Crippen LogP contribution in [0, 0.1) is 10.8 Å². The SMILES string of the molecule is C=CN(C)c1ccc(NC(=O)c2ccc(C(=O)NC(CN=O)C(C)C)s2)cc1. The highest BCUT2D eigenvalue weighted by Crippen LogP contribution is 2.21. The lowest BCUT2D eigenvalue weighted by molar-refractivity contribution is 0.0931. The quantitative estimate of drug-likeness (QED) is 0.620. The number of anilines is 2. The maximum Gasteiger partial charge on any atom is 0.265 e. The van der Waals surface area contributed by atoms with Crippen molar-refractivity contribution >= 4 is 34.5 Å². The van der Waals surface area contributed by atoms with Gasteiger partial charge in [0.25, 0.3) is 11.8 Å². The first-order chi connectivity index (χ1) is 13.3. The van der Waals surface area contributed by atoms with E-state index in [0.29, 0.717) is 15.4 Å². The van der Waals surface area contributed by atoms with Crippen LogP contribution in [-0.2, 0) is 0 Å². The van der Waals surface area contributed by atoms with Crippen LogP contribution >= 0.6 is 11.3 Å². The monoisotopic (exact) mass is 400 g/mol. The van der Waals surface area contributed by atoms with Crippen molar-refractivity contribution in [2.24, 2.45) is 11.1 Å². The molecule has 0 aliphatic heterocycles. The molecule has 1 aromatic heterocycles. The van der Waals surface area contributed by atoms with Crippen molar-refractivity contribution in [3.63, 3.8) is 0 Å². The molecule has 0 saturated carbocycles. The fraction of sp³-hybridized carbons (Fsp3) is 0.300. The number of amides is 2. The van der Waals surface area contributed by atoms with E-state index in [-0.39, 0.29) is 30.3 Å². The molecule has 2 rings (SSSR count). The van der Waals surface area contributed by atoms with Gasteiger partial charge in [-0.15, -0.1) is 11.3 Å². The normalized spacial score (nSPS) is 11.6. The molecular weight excluding hydrogens is 376 g/mol. The van der Waals surface area contributed by atoms with E-state index in [4.69, 9.17) is 0 Å². The summed E-state index contributed by atoms with van der Waals surface area (Å²) in [7, 11) is 1.88. The molecule has 28 heavy (non-hydrogen) atoms. The number of nitroso groups, excluding NO2 is 1. The summed E-state index contributed by atoms with van der Waals surface area (Å²) < 4.78 is 0. The van der Waals surface area contributed by atoms with Crippen LogP contribution in [0.4, 0.5) is 11.4 Å². The van der Waals surface area contributed by atoms with Gasteiger partial charge in [-0.05, 0) is 48.5 Å². The summed E-state index contributed by atoms with van der Waals surface area (Å²) in [6.45, 7) is 7.53. The number of nitrogens with one attached hydrogen (secondary N) is 2. The number of carbonyl (C=O) groups is 2. The number of thiophene rings is 1. The second-order valence-corrected chi connectivity index (χ2v) is 7.68. The lowest BCUT2D eigenvalue weighted by Gasteiger charge is -2.18. The Balaban J connectivity index is 2.02. The van der Waals surface area contributed by atoms with Crippen LogP contribution in [0.3, 0.4) is 0 Å². The van der Waals surface area contributed by atoms with Gasteiger partial charge in [-0.25, -0.2) is 0 Å². The number of carbonyl (C=O) groups excluding carboxylic acids is 2. The van der Waals surface area contributed by atoms with Crippen molar-refractivity contribution in [2.75, 3.05) is 23.8 Å². The molecule has 1 aromatic carbocycles. The number of benzene rings is 1. The second-order valence-electron chi connectivity index (χ2n) is 6.59. The van der Waals surface area contributed by atoms with E-state index in [1.807, 2.05) is 37.9 Å². The highest BCUT2D eigenvalue weighted by Gasteiger charge is 2.20. The summed E-state index contributed by atoms with van der Waals surface area (Å²) in [5, 5.41) is 8.48. The van der Waals surface area contributed by atoms with E-state index < -0.39 is 0 Å². The Labute approximate surface area is 168 Å². The van der Waals surface area contributed by atoms with Crippen molar-refractivity contribution in [1.29, 1.82) is 0 Å². The minimum atomic E-state index is -0.336. The van der Waals surface area contributed by atoms with Gasteiger partial charge in [0.15, 0.2) is 0 Å². The summed E-state index contributed by atoms with van der Waals surface area (Å²) in [6.07, 6.45) is 1.70. The molecule has 1 heterocycles. The Morgan fingerprint density at radius 3 is 2.29 bits per heavy atom. The van der Waals surface area contributed by atoms with Crippen LogP contribution in [0.1, 0.15) is 33.2 Å². The zero-order chi connectivity index (χ0) is 20.7. The molecule has 7 nitrogen and oxygen atoms in total. The highest BCUT2D eigenvalue weighted by molar-refractivity contribution is 7.16. The first-order valence-corrected chi connectivity index (χ1v) is 9.64. The van der Waals surface area contributed by atoms with Crippen LogP contribution in [0.5, 0.6) is 0 Å². The first kappa shape index (κ1) is 21.3. The highest BCUT2D eigenvalue weighted by atomic mass is 32.1. The minimum absolute atomic E-state index is 0.0131. The summed E-state index contributed by atoms with van der Waals surface area (Å²) in [4.78, 5) is 38.0. The van der Waals surface area contributed by atoms with E-state index in [1.54, 1.807) is 30.5 Å². The van der Waals surface area contributed by atoms with Gasteiger partial charge >= 0.3 is 0 Å². The molecule has 1 atom stereocenters. The summed E-state index contributed by atoms with van der Waals surface area (Å²) in [5.41, 5.74) is 1.61. The average molecular weight is 401 g/mol. The number of rotatable bonds is 9. The van der Waals surface area contributed by atoms with Gasteiger partial charge in [-0.2, -0.15) is 4.91 Å². The van der Waals surface area contributed by atoms with Crippen LogP contribution in [0.2, 0.25) is 0 Å². The minimum Gasteiger partial charge on any atom is -0.352 e. The van der Waals surface area contributed by atoms with Crippen molar-refractivity contribution in [3.8, 4) is 0 Å². The number of hydrogen-bond acceptors (Lipinski definition) is 6. The molecule has 0 fully saturated rings. The van der Waals surface area contributed by atoms with Crippen molar-refractivity contribution in [2.45, 2.75) is 19.9 Å². The third-order valence-electron chi connectivity index (χ3n) is 4.25. The van der Waals surface area contributed by atoms with Gasteiger partial charge in [0.1, 0.15) is 6.54 Å². The Kier molecular flexibility index (Phi) is 7.45. The van der Waals surface area contributed by atoms with Gasteiger partial charge in [-0.3, -0.25) is 9.59 Å². The predicted molar refractivity (Wildman–Crippen MR) is 114 cm³/mol. The van der Waals surface area contributed by atoms with E-state index in [9.17, 15) is 14.5 Å². The van der Waals surface area contributed by atoms with Gasteiger partial charge in [0.05, 0.1) is 15.8 Å². The van der Waals surface area contributed by atoms with Gasteiger partial charge < -0.3 is 15.5 Å². The molecule has 1 unspecified atom stereocenters. The molecule has 0 aliphatic carbocycles. The van der Waals surface area contributed by atoms with Crippen molar-refractivity contribution in [1.82, 2.24) is 5.32 Å². The van der Waals surface area contributed by atoms with Crippen LogP contribution in [-0.4, -0.2) is 31.4 Å². The molecule has 0 spiro atoms. The molecule has 0 aliphatic rings. The third-order valence-corrected chi connectivity index (χ3v) is 5.34. The lowest BCUT2D eigenvalue weighted by atomic mass is 10.0. The summed E-state index contributed by atoms with van der Waals surface area (Å²) >= 11 is 1.10. The Hall–Kier alpha value is -3.00. The Morgan fingerprint density at radius 1 is 1.14 bits per heavy atom. The van der Waals surface area contributed by atoms with Gasteiger partial charge in [-0.1, -0.05) is 25.6 Å². The van der Waals surface area contributed by atoms with Crippen LogP contribution in [0.25, 0.3) is 0 Å². The van der Waals surface area contributed by atoms with Gasteiger partial charge in [0.2, 0.25) is 0 Å². The molecule has 148 valence electrons. The molecule has 0 bridgehead atoms. The molecule has 8 heteroatoms. The molecular formula is C20H24N4O3S. The van der Waals surface area contributed by atoms with E-state index in [1.165, 1.54) is 0 Å². The average Bonchev–Trinajstić information content (AvgIpc) is 3.18. The van der Waals surface area contributed by atoms with Crippen molar-refractivity contribution < 1.29 is 9.59 Å². The largest absolute Gasteiger partial charge is 0.352 e. The van der Waals surface area contributed by atoms with Crippen LogP contribution in [0.15, 0.2) is 54.4 Å². The number of hydrogen-bond donors (Lipinski definition) is 2. The molecule has 2 N–H and O–H groups in total.